The van der Waals surface area contributed by atoms with Crippen molar-refractivity contribution >= 4 is 29.3 Å². The van der Waals surface area contributed by atoms with E-state index in [0.29, 0.717) is 17.0 Å². The predicted molar refractivity (Wildman–Crippen MR) is 78.6 cm³/mol. The Morgan fingerprint density at radius 2 is 2.16 bits per heavy atom. The molecular weight excluding hydrogens is 262 g/mol. The lowest BCUT2D eigenvalue weighted by Crippen LogP contribution is -2.14. The Balaban J connectivity index is 2.48. The molecule has 0 spiro atoms. The highest BCUT2D eigenvalue weighted by molar-refractivity contribution is 7.99. The fourth-order valence-electron chi connectivity index (χ4n) is 1.45. The molecule has 5 heteroatoms. The van der Waals surface area contributed by atoms with E-state index in [1.807, 2.05) is 0 Å². The summed E-state index contributed by atoms with van der Waals surface area (Å²) in [6.07, 6.45) is 2.26. The zero-order valence-electron chi connectivity index (χ0n) is 11.3. The van der Waals surface area contributed by atoms with Crippen LogP contribution in [0.3, 0.4) is 0 Å². The second kappa shape index (κ2) is 8.58. The molecule has 0 unspecified atom stereocenters. The van der Waals surface area contributed by atoms with Crippen LogP contribution in [0, 0.1) is 0 Å². The highest BCUT2D eigenvalue weighted by Gasteiger charge is 2.07. The summed E-state index contributed by atoms with van der Waals surface area (Å²) in [7, 11) is 1.33. The Bertz CT molecular complexity index is 434. The van der Waals surface area contributed by atoms with Crippen molar-refractivity contribution in [1.82, 2.24) is 0 Å². The van der Waals surface area contributed by atoms with Crippen LogP contribution in [0.2, 0.25) is 0 Å². The number of hydrogen-bond donors (Lipinski definition) is 1. The average Bonchev–Trinajstić information content (AvgIpc) is 2.43. The van der Waals surface area contributed by atoms with Crippen LogP contribution in [0.1, 0.15) is 30.1 Å². The van der Waals surface area contributed by atoms with Gasteiger partial charge in [0.25, 0.3) is 0 Å². The van der Waals surface area contributed by atoms with Crippen LogP contribution in [-0.4, -0.2) is 30.5 Å². The maximum Gasteiger partial charge on any atom is 0.337 e. The molecule has 0 heterocycles. The van der Waals surface area contributed by atoms with Gasteiger partial charge in [-0.1, -0.05) is 19.4 Å². The van der Waals surface area contributed by atoms with Gasteiger partial charge in [0.1, 0.15) is 0 Å². The highest BCUT2D eigenvalue weighted by Crippen LogP contribution is 2.12. The van der Waals surface area contributed by atoms with Gasteiger partial charge in [-0.15, -0.1) is 0 Å². The van der Waals surface area contributed by atoms with E-state index in [1.165, 1.54) is 7.11 Å². The van der Waals surface area contributed by atoms with E-state index in [4.69, 9.17) is 0 Å². The van der Waals surface area contributed by atoms with Crippen molar-refractivity contribution in [3.8, 4) is 0 Å². The lowest BCUT2D eigenvalue weighted by atomic mass is 10.2. The minimum Gasteiger partial charge on any atom is -0.465 e. The Hall–Kier alpha value is -1.49. The smallest absolute Gasteiger partial charge is 0.337 e. The molecule has 0 fully saturated rings. The first-order chi connectivity index (χ1) is 9.17. The zero-order chi connectivity index (χ0) is 14.1. The number of nitrogens with one attached hydrogen (secondary N) is 1. The maximum atomic E-state index is 11.7. The van der Waals surface area contributed by atoms with E-state index < -0.39 is 5.97 Å². The summed E-state index contributed by atoms with van der Waals surface area (Å²) < 4.78 is 4.63. The average molecular weight is 281 g/mol. The SMILES string of the molecule is CCCCSCC(=O)Nc1cccc(C(=O)OC)c1. The van der Waals surface area contributed by atoms with E-state index in [1.54, 1.807) is 36.0 Å². The van der Waals surface area contributed by atoms with Gasteiger partial charge in [0, 0.05) is 5.69 Å². The van der Waals surface area contributed by atoms with Crippen molar-refractivity contribution in [2.45, 2.75) is 19.8 Å². The normalized spacial score (nSPS) is 10.0. The summed E-state index contributed by atoms with van der Waals surface area (Å²) in [5.74, 6) is 0.964. The van der Waals surface area contributed by atoms with Gasteiger partial charge in [0.15, 0.2) is 0 Å². The molecule has 0 aliphatic rings. The van der Waals surface area contributed by atoms with Crippen LogP contribution in [0.15, 0.2) is 24.3 Å². The minimum atomic E-state index is -0.409. The molecule has 4 nitrogen and oxygen atoms in total. The van der Waals surface area contributed by atoms with Gasteiger partial charge in [0.2, 0.25) is 5.91 Å². The van der Waals surface area contributed by atoms with Crippen LogP contribution in [0.25, 0.3) is 0 Å². The molecule has 0 radical (unpaired) electrons. The Morgan fingerprint density at radius 1 is 1.37 bits per heavy atom. The Kier molecular flexibility index (Phi) is 7.03. The van der Waals surface area contributed by atoms with E-state index in [-0.39, 0.29) is 5.91 Å². The lowest BCUT2D eigenvalue weighted by Gasteiger charge is -2.06. The molecule has 1 N–H and O–H groups in total. The van der Waals surface area contributed by atoms with E-state index in [2.05, 4.69) is 17.0 Å². The van der Waals surface area contributed by atoms with Crippen LogP contribution in [0.4, 0.5) is 5.69 Å². The van der Waals surface area contributed by atoms with Crippen molar-refractivity contribution in [1.29, 1.82) is 0 Å². The molecule has 1 aromatic rings. The predicted octanol–water partition coefficient (Wildman–Crippen LogP) is 2.95. The quantitative estimate of drug-likeness (QED) is 0.616. The molecule has 1 aromatic carbocycles. The third-order valence-electron chi connectivity index (χ3n) is 2.44. The van der Waals surface area contributed by atoms with Gasteiger partial charge in [-0.2, -0.15) is 11.8 Å². The third kappa shape index (κ3) is 5.79. The van der Waals surface area contributed by atoms with Crippen molar-refractivity contribution in [2.24, 2.45) is 0 Å². The van der Waals surface area contributed by atoms with Crippen LogP contribution < -0.4 is 5.32 Å². The molecule has 0 atom stereocenters. The molecule has 0 bridgehead atoms. The van der Waals surface area contributed by atoms with Gasteiger partial charge >= 0.3 is 5.97 Å². The monoisotopic (exact) mass is 281 g/mol. The minimum absolute atomic E-state index is 0.0527. The van der Waals surface area contributed by atoms with Gasteiger partial charge in [-0.05, 0) is 30.4 Å². The van der Waals surface area contributed by atoms with Crippen LogP contribution in [0.5, 0.6) is 0 Å². The number of benzene rings is 1. The van der Waals surface area contributed by atoms with Gasteiger partial charge in [-0.25, -0.2) is 4.79 Å². The van der Waals surface area contributed by atoms with E-state index in [0.717, 1.165) is 18.6 Å². The third-order valence-corrected chi connectivity index (χ3v) is 3.49. The molecule has 0 aromatic heterocycles. The fraction of sp³-hybridized carbons (Fsp3) is 0.429. The maximum absolute atomic E-state index is 11.7. The zero-order valence-corrected chi connectivity index (χ0v) is 12.1. The molecule has 0 aliphatic heterocycles. The van der Waals surface area contributed by atoms with Crippen LogP contribution >= 0.6 is 11.8 Å². The summed E-state index contributed by atoms with van der Waals surface area (Å²) >= 11 is 1.62. The number of amides is 1. The van der Waals surface area contributed by atoms with Crippen LogP contribution in [-0.2, 0) is 9.53 Å². The number of esters is 1. The molecule has 1 rings (SSSR count). The first-order valence-corrected chi connectivity index (χ1v) is 7.38. The molecule has 0 aliphatic carbocycles. The van der Waals surface area contributed by atoms with Crippen molar-refractivity contribution in [2.75, 3.05) is 23.9 Å². The lowest BCUT2D eigenvalue weighted by molar-refractivity contribution is -0.113. The number of hydrogen-bond acceptors (Lipinski definition) is 4. The largest absolute Gasteiger partial charge is 0.465 e. The molecule has 1 amide bonds. The highest BCUT2D eigenvalue weighted by atomic mass is 32.2. The molecule has 19 heavy (non-hydrogen) atoms. The molecule has 104 valence electrons. The summed E-state index contributed by atoms with van der Waals surface area (Å²) in [5, 5.41) is 2.77. The number of ether oxygens (including phenoxy) is 1. The summed E-state index contributed by atoms with van der Waals surface area (Å²) in [6.45, 7) is 2.12. The number of anilines is 1. The van der Waals surface area contributed by atoms with Crippen molar-refractivity contribution in [3.05, 3.63) is 29.8 Å². The first kappa shape index (κ1) is 15.6. The van der Waals surface area contributed by atoms with Gasteiger partial charge < -0.3 is 10.1 Å². The standard InChI is InChI=1S/C14H19NO3S/c1-3-4-8-19-10-13(16)15-12-7-5-6-11(9-12)14(17)18-2/h5-7,9H,3-4,8,10H2,1-2H3,(H,15,16). The topological polar surface area (TPSA) is 55.4 Å². The number of unbranched alkanes of at least 4 members (excludes halogenated alkanes) is 1. The number of thioether (sulfide) groups is 1. The molecular formula is C14H19NO3S. The number of rotatable bonds is 7. The second-order valence-corrected chi connectivity index (χ2v) is 5.13. The van der Waals surface area contributed by atoms with Crippen molar-refractivity contribution in [3.63, 3.8) is 0 Å². The second-order valence-electron chi connectivity index (χ2n) is 4.03. The summed E-state index contributed by atoms with van der Waals surface area (Å²) in [6, 6.07) is 6.73. The molecule has 0 saturated heterocycles. The first-order valence-electron chi connectivity index (χ1n) is 6.23. The summed E-state index contributed by atoms with van der Waals surface area (Å²) in [5.41, 5.74) is 1.04. The Morgan fingerprint density at radius 3 is 2.84 bits per heavy atom. The number of methoxy groups -OCH3 is 1. The molecule has 0 saturated carbocycles. The summed E-state index contributed by atoms with van der Waals surface area (Å²) in [4.78, 5) is 23.0. The van der Waals surface area contributed by atoms with Gasteiger partial charge in [0.05, 0.1) is 18.4 Å². The number of carbonyl (C=O) groups is 2. The van der Waals surface area contributed by atoms with E-state index >= 15 is 0 Å². The van der Waals surface area contributed by atoms with Gasteiger partial charge in [-0.3, -0.25) is 4.79 Å². The fourth-order valence-corrected chi connectivity index (χ4v) is 2.34. The number of carbonyl (C=O) groups excluding carboxylic acids is 2. The van der Waals surface area contributed by atoms with E-state index in [9.17, 15) is 9.59 Å². The Labute approximate surface area is 117 Å². The van der Waals surface area contributed by atoms with Crippen molar-refractivity contribution < 1.29 is 14.3 Å².